The van der Waals surface area contributed by atoms with Gasteiger partial charge in [-0.25, -0.2) is 9.97 Å². The predicted octanol–water partition coefficient (Wildman–Crippen LogP) is 1.88. The van der Waals surface area contributed by atoms with Crippen LogP contribution < -0.4 is 19.1 Å². The lowest BCUT2D eigenvalue weighted by atomic mass is 10.1. The minimum absolute atomic E-state index is 0.0825. The van der Waals surface area contributed by atoms with Crippen molar-refractivity contribution in [2.45, 2.75) is 25.4 Å². The lowest BCUT2D eigenvalue weighted by Gasteiger charge is -2.33. The van der Waals surface area contributed by atoms with Crippen LogP contribution >= 0.6 is 0 Å². The summed E-state index contributed by atoms with van der Waals surface area (Å²) in [7, 11) is 3.80. The molecule has 28 heavy (non-hydrogen) atoms. The summed E-state index contributed by atoms with van der Waals surface area (Å²) in [5, 5.41) is 0. The molecule has 0 radical (unpaired) electrons. The summed E-state index contributed by atoms with van der Waals surface area (Å²) in [5.74, 6) is 2.69. The van der Waals surface area contributed by atoms with Crippen LogP contribution in [0.3, 0.4) is 0 Å². The van der Waals surface area contributed by atoms with Crippen molar-refractivity contribution in [1.82, 2.24) is 14.9 Å². The van der Waals surface area contributed by atoms with E-state index in [1.54, 1.807) is 12.4 Å². The zero-order valence-electron chi connectivity index (χ0n) is 16.1. The van der Waals surface area contributed by atoms with Gasteiger partial charge >= 0.3 is 0 Å². The highest BCUT2D eigenvalue weighted by molar-refractivity contribution is 5.79. The molecule has 148 valence electrons. The number of rotatable bonds is 5. The molecular formula is C20H24N4O4. The third-order valence-electron chi connectivity index (χ3n) is 4.87. The molecule has 1 unspecified atom stereocenters. The van der Waals surface area contributed by atoms with Crippen LogP contribution in [0.5, 0.6) is 17.4 Å². The zero-order valence-corrected chi connectivity index (χ0v) is 16.1. The van der Waals surface area contributed by atoms with Crippen molar-refractivity contribution in [3.63, 3.8) is 0 Å². The average Bonchev–Trinajstić information content (AvgIpc) is 3.16. The van der Waals surface area contributed by atoms with Gasteiger partial charge in [-0.3, -0.25) is 4.79 Å². The quantitative estimate of drug-likeness (QED) is 0.779. The number of amides is 1. The molecule has 0 bridgehead atoms. The molecule has 0 spiro atoms. The molecule has 1 saturated heterocycles. The number of ether oxygens (including phenoxy) is 3. The lowest BCUT2D eigenvalue weighted by molar-refractivity contribution is -0.133. The van der Waals surface area contributed by atoms with Gasteiger partial charge in [0.15, 0.2) is 17.3 Å². The Balaban J connectivity index is 1.39. The van der Waals surface area contributed by atoms with Crippen LogP contribution in [0.4, 0.5) is 5.82 Å². The number of anilines is 1. The summed E-state index contributed by atoms with van der Waals surface area (Å²) in [6.45, 7) is 1.52. The van der Waals surface area contributed by atoms with Crippen LogP contribution in [-0.4, -0.2) is 60.9 Å². The third-order valence-corrected chi connectivity index (χ3v) is 4.87. The first kappa shape index (κ1) is 18.3. The van der Waals surface area contributed by atoms with Gasteiger partial charge in [-0.05, 0) is 30.5 Å². The van der Waals surface area contributed by atoms with Crippen LogP contribution in [0.1, 0.15) is 18.4 Å². The Hall–Kier alpha value is -3.03. The van der Waals surface area contributed by atoms with Crippen molar-refractivity contribution in [3.05, 3.63) is 36.2 Å². The normalized spacial score (nSPS) is 18.1. The highest BCUT2D eigenvalue weighted by atomic mass is 16.7. The Morgan fingerprint density at radius 3 is 2.93 bits per heavy atom. The van der Waals surface area contributed by atoms with Gasteiger partial charge in [-0.1, -0.05) is 6.07 Å². The summed E-state index contributed by atoms with van der Waals surface area (Å²) in [6.07, 6.45) is 5.28. The van der Waals surface area contributed by atoms with E-state index in [4.69, 9.17) is 14.2 Å². The van der Waals surface area contributed by atoms with Gasteiger partial charge in [0.05, 0.1) is 13.0 Å². The molecule has 1 aromatic heterocycles. The second-order valence-electron chi connectivity index (χ2n) is 7.17. The molecule has 1 amide bonds. The maximum atomic E-state index is 12.8. The Morgan fingerprint density at radius 2 is 2.07 bits per heavy atom. The average molecular weight is 384 g/mol. The zero-order chi connectivity index (χ0) is 19.5. The second kappa shape index (κ2) is 7.92. The van der Waals surface area contributed by atoms with Gasteiger partial charge in [0.25, 0.3) is 5.88 Å². The van der Waals surface area contributed by atoms with Crippen LogP contribution in [0.15, 0.2) is 30.6 Å². The third kappa shape index (κ3) is 3.95. The number of benzene rings is 1. The van der Waals surface area contributed by atoms with Gasteiger partial charge in [0.1, 0.15) is 6.10 Å². The fraction of sp³-hybridized carbons (Fsp3) is 0.450. The van der Waals surface area contributed by atoms with E-state index in [1.807, 2.05) is 42.1 Å². The fourth-order valence-corrected chi connectivity index (χ4v) is 3.46. The number of piperidine rings is 1. The van der Waals surface area contributed by atoms with Crippen molar-refractivity contribution in [1.29, 1.82) is 0 Å². The predicted molar refractivity (Wildman–Crippen MR) is 103 cm³/mol. The van der Waals surface area contributed by atoms with Crippen LogP contribution in [0.2, 0.25) is 0 Å². The number of hydrogen-bond acceptors (Lipinski definition) is 7. The van der Waals surface area contributed by atoms with E-state index in [-0.39, 0.29) is 18.8 Å². The highest BCUT2D eigenvalue weighted by Crippen LogP contribution is 2.33. The van der Waals surface area contributed by atoms with Gasteiger partial charge in [-0.2, -0.15) is 0 Å². The topological polar surface area (TPSA) is 77.0 Å². The largest absolute Gasteiger partial charge is 0.470 e. The minimum atomic E-state index is -0.0927. The molecule has 2 aromatic rings. The van der Waals surface area contributed by atoms with Gasteiger partial charge < -0.3 is 24.0 Å². The van der Waals surface area contributed by atoms with E-state index in [0.717, 1.165) is 30.7 Å². The molecule has 1 fully saturated rings. The van der Waals surface area contributed by atoms with Gasteiger partial charge in [0, 0.05) is 33.0 Å². The van der Waals surface area contributed by atoms with E-state index in [1.165, 1.54) is 0 Å². The smallest absolute Gasteiger partial charge is 0.257 e. The van der Waals surface area contributed by atoms with Crippen LogP contribution in [0, 0.1) is 0 Å². The summed E-state index contributed by atoms with van der Waals surface area (Å²) in [5.41, 5.74) is 0.918. The number of fused-ring (bicyclic) bond motifs is 1. The highest BCUT2D eigenvalue weighted by Gasteiger charge is 2.26. The first-order chi connectivity index (χ1) is 13.6. The first-order valence-corrected chi connectivity index (χ1v) is 9.41. The number of nitrogens with zero attached hydrogens (tertiary/aromatic N) is 4. The molecule has 1 aromatic carbocycles. The standard InChI is InChI=1S/C20H24N4O4/c1-23(2)19-20(22-8-7-21-19)28-15-4-3-9-24(12-15)18(25)11-14-5-6-16-17(10-14)27-13-26-16/h5-8,10,15H,3-4,9,11-13H2,1-2H3. The summed E-state index contributed by atoms with van der Waals surface area (Å²) >= 11 is 0. The molecule has 2 aliphatic heterocycles. The molecule has 1 atom stereocenters. The van der Waals surface area contributed by atoms with E-state index < -0.39 is 0 Å². The Labute approximate surface area is 164 Å². The van der Waals surface area contributed by atoms with Gasteiger partial charge in [-0.15, -0.1) is 0 Å². The van der Waals surface area contributed by atoms with Crippen molar-refractivity contribution in [3.8, 4) is 17.4 Å². The van der Waals surface area contributed by atoms with Gasteiger partial charge in [0.2, 0.25) is 12.7 Å². The first-order valence-electron chi connectivity index (χ1n) is 9.41. The summed E-state index contributed by atoms with van der Waals surface area (Å²) in [6, 6.07) is 5.64. The Bertz CT molecular complexity index is 858. The molecule has 2 aliphatic rings. The van der Waals surface area contributed by atoms with Crippen molar-refractivity contribution in [2.24, 2.45) is 0 Å². The summed E-state index contributed by atoms with van der Waals surface area (Å²) < 4.78 is 16.8. The molecule has 0 aliphatic carbocycles. The van der Waals surface area contributed by atoms with Crippen molar-refractivity contribution >= 4 is 11.7 Å². The van der Waals surface area contributed by atoms with Crippen LogP contribution in [-0.2, 0) is 11.2 Å². The Morgan fingerprint density at radius 1 is 1.25 bits per heavy atom. The molecule has 8 heteroatoms. The number of carbonyl (C=O) groups excluding carboxylic acids is 1. The lowest BCUT2D eigenvalue weighted by Crippen LogP contribution is -2.45. The second-order valence-corrected chi connectivity index (χ2v) is 7.17. The molecule has 0 N–H and O–H groups in total. The molecule has 0 saturated carbocycles. The van der Waals surface area contributed by atoms with Crippen molar-refractivity contribution in [2.75, 3.05) is 38.9 Å². The van der Waals surface area contributed by atoms with Crippen molar-refractivity contribution < 1.29 is 19.0 Å². The van der Waals surface area contributed by atoms with E-state index in [9.17, 15) is 4.79 Å². The Kier molecular flexibility index (Phi) is 5.18. The van der Waals surface area contributed by atoms with E-state index in [2.05, 4.69) is 9.97 Å². The maximum absolute atomic E-state index is 12.8. The monoisotopic (exact) mass is 384 g/mol. The van der Waals surface area contributed by atoms with E-state index in [0.29, 0.717) is 30.4 Å². The molecule has 3 heterocycles. The molecular weight excluding hydrogens is 360 g/mol. The fourth-order valence-electron chi connectivity index (χ4n) is 3.46. The maximum Gasteiger partial charge on any atom is 0.257 e. The molecule has 4 rings (SSSR count). The van der Waals surface area contributed by atoms with Crippen LogP contribution in [0.25, 0.3) is 0 Å². The SMILES string of the molecule is CN(C)c1nccnc1OC1CCCN(C(=O)Cc2ccc3c(c2)OCO3)C1. The number of hydrogen-bond donors (Lipinski definition) is 0. The number of likely N-dealkylation sites (tertiary alicyclic amines) is 1. The minimum Gasteiger partial charge on any atom is -0.470 e. The number of carbonyl (C=O) groups is 1. The van der Waals surface area contributed by atoms with E-state index >= 15 is 0 Å². The number of aromatic nitrogens is 2. The molecule has 8 nitrogen and oxygen atoms in total. The summed E-state index contributed by atoms with van der Waals surface area (Å²) in [4.78, 5) is 25.2.